The molecule has 0 bridgehead atoms. The molecule has 0 unspecified atom stereocenters. The average molecular weight is 340 g/mol. The van der Waals surface area contributed by atoms with Crippen molar-refractivity contribution in [3.8, 4) is 0 Å². The van der Waals surface area contributed by atoms with Crippen LogP contribution in [0.5, 0.6) is 0 Å². The van der Waals surface area contributed by atoms with E-state index in [1.54, 1.807) is 18.3 Å². The third-order valence-corrected chi connectivity index (χ3v) is 4.89. The number of anilines is 1. The van der Waals surface area contributed by atoms with E-state index >= 15 is 0 Å². The van der Waals surface area contributed by atoms with Crippen molar-refractivity contribution in [3.63, 3.8) is 0 Å². The molecular formula is C19H21FN4O. The second-order valence-corrected chi connectivity index (χ2v) is 6.66. The van der Waals surface area contributed by atoms with Crippen LogP contribution in [0.3, 0.4) is 0 Å². The first-order valence-electron chi connectivity index (χ1n) is 8.63. The summed E-state index contributed by atoms with van der Waals surface area (Å²) in [6.45, 7) is 2.88. The van der Waals surface area contributed by atoms with E-state index in [1.165, 1.54) is 12.1 Å². The maximum absolute atomic E-state index is 13.1. The van der Waals surface area contributed by atoms with Crippen LogP contribution in [0.4, 0.5) is 10.2 Å². The number of rotatable bonds is 4. The monoisotopic (exact) mass is 340 g/mol. The van der Waals surface area contributed by atoms with Gasteiger partial charge in [-0.05, 0) is 49.9 Å². The Kier molecular flexibility index (Phi) is 4.13. The van der Waals surface area contributed by atoms with Crippen LogP contribution in [0.2, 0.25) is 0 Å². The van der Waals surface area contributed by atoms with Crippen molar-refractivity contribution in [1.82, 2.24) is 14.6 Å². The zero-order valence-corrected chi connectivity index (χ0v) is 14.1. The summed E-state index contributed by atoms with van der Waals surface area (Å²) < 4.78 is 14.9. The molecular weight excluding hydrogens is 319 g/mol. The van der Waals surface area contributed by atoms with Crippen LogP contribution in [0.15, 0.2) is 42.7 Å². The number of aliphatic hydroxyl groups is 1. The number of benzene rings is 1. The summed E-state index contributed by atoms with van der Waals surface area (Å²) in [6.07, 6.45) is 5.68. The molecule has 6 heteroatoms. The number of aryl methyl sites for hydroxylation is 1. The molecule has 3 aromatic rings. The Bertz CT molecular complexity index is 877. The van der Waals surface area contributed by atoms with Gasteiger partial charge in [0.05, 0.1) is 11.8 Å². The summed E-state index contributed by atoms with van der Waals surface area (Å²) in [7, 11) is 0. The van der Waals surface area contributed by atoms with Crippen LogP contribution in [-0.4, -0.2) is 32.3 Å². The van der Waals surface area contributed by atoms with E-state index in [4.69, 9.17) is 0 Å². The van der Waals surface area contributed by atoms with Gasteiger partial charge in [0.1, 0.15) is 11.3 Å². The number of hydrogen-bond acceptors (Lipinski definition) is 4. The lowest BCUT2D eigenvalue weighted by Crippen LogP contribution is -2.31. The Hall–Kier alpha value is -2.47. The lowest BCUT2D eigenvalue weighted by Gasteiger charge is -2.28. The third kappa shape index (κ3) is 3.09. The molecule has 130 valence electrons. The van der Waals surface area contributed by atoms with E-state index in [0.717, 1.165) is 42.0 Å². The van der Waals surface area contributed by atoms with Gasteiger partial charge in [0.25, 0.3) is 0 Å². The average Bonchev–Trinajstić information content (AvgIpc) is 3.20. The first-order chi connectivity index (χ1) is 12.1. The summed E-state index contributed by atoms with van der Waals surface area (Å²) >= 11 is 0. The van der Waals surface area contributed by atoms with Gasteiger partial charge < -0.3 is 10.0 Å². The van der Waals surface area contributed by atoms with E-state index in [2.05, 4.69) is 15.0 Å². The summed E-state index contributed by atoms with van der Waals surface area (Å²) in [5.41, 5.74) is 2.69. The Morgan fingerprint density at radius 3 is 2.92 bits per heavy atom. The van der Waals surface area contributed by atoms with Gasteiger partial charge in [-0.2, -0.15) is 5.10 Å². The highest BCUT2D eigenvalue weighted by Gasteiger charge is 2.29. The highest BCUT2D eigenvalue weighted by Crippen LogP contribution is 2.32. The quantitative estimate of drug-likeness (QED) is 0.792. The molecule has 0 amide bonds. The van der Waals surface area contributed by atoms with Gasteiger partial charge in [-0.25, -0.2) is 13.9 Å². The fourth-order valence-corrected chi connectivity index (χ4v) is 3.69. The fraction of sp³-hybridized carbons (Fsp3) is 0.368. The maximum atomic E-state index is 13.1. The minimum atomic E-state index is -0.613. The molecule has 1 fully saturated rings. The topological polar surface area (TPSA) is 53.7 Å². The molecule has 1 aliphatic heterocycles. The SMILES string of the molecule is Cc1cc2c(N3CCC[C@@H]3C[C@@H](O)c3ccc(F)cc3)nccn2n1. The van der Waals surface area contributed by atoms with Gasteiger partial charge in [-0.15, -0.1) is 0 Å². The lowest BCUT2D eigenvalue weighted by molar-refractivity contribution is 0.158. The Balaban J connectivity index is 1.58. The van der Waals surface area contributed by atoms with Crippen LogP contribution in [0, 0.1) is 12.7 Å². The molecule has 0 aliphatic carbocycles. The van der Waals surface area contributed by atoms with E-state index < -0.39 is 6.10 Å². The number of hydrogen-bond donors (Lipinski definition) is 1. The fourth-order valence-electron chi connectivity index (χ4n) is 3.69. The normalized spacial score (nSPS) is 18.8. The van der Waals surface area contributed by atoms with Gasteiger partial charge in [-0.1, -0.05) is 12.1 Å². The van der Waals surface area contributed by atoms with Crippen LogP contribution in [0.25, 0.3) is 5.52 Å². The number of nitrogens with zero attached hydrogens (tertiary/aromatic N) is 4. The molecule has 1 aromatic carbocycles. The van der Waals surface area contributed by atoms with Crippen LogP contribution >= 0.6 is 0 Å². The Morgan fingerprint density at radius 2 is 2.12 bits per heavy atom. The van der Waals surface area contributed by atoms with Crippen molar-refractivity contribution in [2.24, 2.45) is 0 Å². The number of fused-ring (bicyclic) bond motifs is 1. The first kappa shape index (κ1) is 16.0. The van der Waals surface area contributed by atoms with Gasteiger partial charge >= 0.3 is 0 Å². The number of aromatic nitrogens is 3. The number of aliphatic hydroxyl groups excluding tert-OH is 1. The maximum Gasteiger partial charge on any atom is 0.154 e. The van der Waals surface area contributed by atoms with Gasteiger partial charge in [0.15, 0.2) is 5.82 Å². The molecule has 0 radical (unpaired) electrons. The molecule has 3 heterocycles. The summed E-state index contributed by atoms with van der Waals surface area (Å²) in [5.74, 6) is 0.627. The van der Waals surface area contributed by atoms with E-state index in [9.17, 15) is 9.50 Å². The lowest BCUT2D eigenvalue weighted by atomic mass is 10.0. The molecule has 1 aliphatic rings. The molecule has 25 heavy (non-hydrogen) atoms. The van der Waals surface area contributed by atoms with Crippen LogP contribution in [0.1, 0.15) is 36.6 Å². The zero-order chi connectivity index (χ0) is 17.4. The van der Waals surface area contributed by atoms with Crippen molar-refractivity contribution < 1.29 is 9.50 Å². The minimum Gasteiger partial charge on any atom is -0.388 e. The predicted molar refractivity (Wildman–Crippen MR) is 94.1 cm³/mol. The predicted octanol–water partition coefficient (Wildman–Crippen LogP) is 3.27. The molecule has 0 spiro atoms. The summed E-state index contributed by atoms with van der Waals surface area (Å²) in [6, 6.07) is 8.32. The largest absolute Gasteiger partial charge is 0.388 e. The van der Waals surface area contributed by atoms with Crippen molar-refractivity contribution >= 4 is 11.3 Å². The van der Waals surface area contributed by atoms with Crippen molar-refractivity contribution in [2.75, 3.05) is 11.4 Å². The van der Waals surface area contributed by atoms with Gasteiger partial charge in [0, 0.05) is 25.0 Å². The van der Waals surface area contributed by atoms with Crippen LogP contribution < -0.4 is 4.90 Å². The van der Waals surface area contributed by atoms with E-state index in [1.807, 2.05) is 23.7 Å². The third-order valence-electron chi connectivity index (χ3n) is 4.89. The first-order valence-corrected chi connectivity index (χ1v) is 8.63. The second kappa shape index (κ2) is 6.44. The van der Waals surface area contributed by atoms with Crippen molar-refractivity contribution in [1.29, 1.82) is 0 Å². The highest BCUT2D eigenvalue weighted by molar-refractivity contribution is 5.69. The van der Waals surface area contributed by atoms with Gasteiger partial charge in [-0.3, -0.25) is 0 Å². The molecule has 2 aromatic heterocycles. The van der Waals surface area contributed by atoms with E-state index in [-0.39, 0.29) is 11.9 Å². The molecule has 4 rings (SSSR count). The smallest absolute Gasteiger partial charge is 0.154 e. The Labute approximate surface area is 145 Å². The van der Waals surface area contributed by atoms with Crippen molar-refractivity contribution in [3.05, 3.63) is 59.8 Å². The van der Waals surface area contributed by atoms with E-state index in [0.29, 0.717) is 6.42 Å². The second-order valence-electron chi connectivity index (χ2n) is 6.66. The van der Waals surface area contributed by atoms with Crippen LogP contribution in [-0.2, 0) is 0 Å². The zero-order valence-electron chi connectivity index (χ0n) is 14.1. The highest BCUT2D eigenvalue weighted by atomic mass is 19.1. The molecule has 1 N–H and O–H groups in total. The molecule has 1 saturated heterocycles. The minimum absolute atomic E-state index is 0.203. The van der Waals surface area contributed by atoms with Gasteiger partial charge in [0.2, 0.25) is 0 Å². The molecule has 5 nitrogen and oxygen atoms in total. The number of halogens is 1. The summed E-state index contributed by atoms with van der Waals surface area (Å²) in [5, 5.41) is 15.0. The standard InChI is InChI=1S/C19H21FN4O/c1-13-11-17-19(21-8-10-24(17)22-13)23-9-2-3-16(23)12-18(25)14-4-6-15(20)7-5-14/h4-8,10-11,16,18,25H,2-3,9,12H2,1H3/t16-,18-/m1/s1. The Morgan fingerprint density at radius 1 is 1.32 bits per heavy atom. The molecule has 2 atom stereocenters. The molecule has 0 saturated carbocycles. The van der Waals surface area contributed by atoms with Crippen molar-refractivity contribution in [2.45, 2.75) is 38.3 Å². The summed E-state index contributed by atoms with van der Waals surface area (Å²) in [4.78, 5) is 6.85.